The molecule has 1 aromatic rings. The Morgan fingerprint density at radius 1 is 1.50 bits per heavy atom. The molecule has 0 aliphatic heterocycles. The molecule has 0 aliphatic carbocycles. The molecule has 0 heterocycles. The SMILES string of the molecule is Cc1cccc([C@@H](O)[C@@](Cl)(I)S(C)(=O)=O)c1. The normalized spacial score (nSPS) is 17.8. The van der Waals surface area contributed by atoms with E-state index in [9.17, 15) is 13.5 Å². The first-order valence-electron chi connectivity index (χ1n) is 4.48. The van der Waals surface area contributed by atoms with E-state index >= 15 is 0 Å². The Morgan fingerprint density at radius 2 is 2.06 bits per heavy atom. The van der Waals surface area contributed by atoms with Crippen molar-refractivity contribution in [3.05, 3.63) is 35.4 Å². The van der Waals surface area contributed by atoms with Gasteiger partial charge in [0.25, 0.3) is 0 Å². The molecule has 2 atom stereocenters. The topological polar surface area (TPSA) is 54.4 Å². The molecule has 1 aromatic carbocycles. The van der Waals surface area contributed by atoms with E-state index in [4.69, 9.17) is 11.6 Å². The van der Waals surface area contributed by atoms with Gasteiger partial charge in [0.05, 0.1) is 0 Å². The van der Waals surface area contributed by atoms with Gasteiger partial charge in [0.1, 0.15) is 6.10 Å². The van der Waals surface area contributed by atoms with Crippen molar-refractivity contribution in [1.29, 1.82) is 0 Å². The van der Waals surface area contributed by atoms with E-state index in [1.807, 2.05) is 13.0 Å². The lowest BCUT2D eigenvalue weighted by Crippen LogP contribution is -2.32. The number of hydrogen-bond acceptors (Lipinski definition) is 3. The third kappa shape index (κ3) is 2.88. The van der Waals surface area contributed by atoms with E-state index < -0.39 is 18.2 Å². The van der Waals surface area contributed by atoms with Crippen molar-refractivity contribution in [3.63, 3.8) is 0 Å². The van der Waals surface area contributed by atoms with Gasteiger partial charge in [-0.2, -0.15) is 0 Å². The molecule has 0 amide bonds. The van der Waals surface area contributed by atoms with Crippen molar-refractivity contribution in [2.24, 2.45) is 0 Å². The molecular weight excluding hydrogens is 363 g/mol. The van der Waals surface area contributed by atoms with E-state index in [1.54, 1.807) is 40.8 Å². The summed E-state index contributed by atoms with van der Waals surface area (Å²) < 4.78 is 21.2. The Kier molecular flexibility index (Phi) is 4.26. The van der Waals surface area contributed by atoms with E-state index in [2.05, 4.69) is 0 Å². The van der Waals surface area contributed by atoms with Crippen molar-refractivity contribution in [3.8, 4) is 0 Å². The molecule has 0 saturated heterocycles. The van der Waals surface area contributed by atoms with Crippen LogP contribution in [0.5, 0.6) is 0 Å². The van der Waals surface area contributed by atoms with Gasteiger partial charge in [-0.1, -0.05) is 41.4 Å². The van der Waals surface area contributed by atoms with E-state index in [1.165, 1.54) is 0 Å². The molecule has 6 heteroatoms. The Labute approximate surface area is 114 Å². The predicted octanol–water partition coefficient (Wildman–Crippen LogP) is 2.40. The number of halogens is 2. The van der Waals surface area contributed by atoms with Crippen molar-refractivity contribution >= 4 is 44.0 Å². The number of sulfone groups is 1. The molecule has 90 valence electrons. The summed E-state index contributed by atoms with van der Waals surface area (Å²) in [6, 6.07) is 6.98. The summed E-state index contributed by atoms with van der Waals surface area (Å²) in [5.74, 6) is 0. The average molecular weight is 375 g/mol. The summed E-state index contributed by atoms with van der Waals surface area (Å²) in [6.07, 6.45) is -0.254. The fourth-order valence-corrected chi connectivity index (χ4v) is 2.26. The van der Waals surface area contributed by atoms with Crippen LogP contribution in [-0.2, 0) is 9.84 Å². The molecule has 0 unspecified atom stereocenters. The summed E-state index contributed by atoms with van der Waals surface area (Å²) in [4.78, 5) is 0. The number of aliphatic hydroxyl groups excluding tert-OH is 1. The zero-order valence-corrected chi connectivity index (χ0v) is 12.5. The van der Waals surface area contributed by atoms with Gasteiger partial charge in [0.2, 0.25) is 2.21 Å². The van der Waals surface area contributed by atoms with Gasteiger partial charge >= 0.3 is 0 Å². The molecular formula is C10H12ClIO3S. The van der Waals surface area contributed by atoms with Crippen molar-refractivity contribution in [2.45, 2.75) is 15.2 Å². The third-order valence-corrected chi connectivity index (χ3v) is 7.42. The van der Waals surface area contributed by atoms with Gasteiger partial charge in [-0.05, 0) is 35.1 Å². The highest BCUT2D eigenvalue weighted by Gasteiger charge is 2.44. The number of rotatable bonds is 3. The zero-order chi connectivity index (χ0) is 12.6. The lowest BCUT2D eigenvalue weighted by atomic mass is 10.1. The minimum atomic E-state index is -3.56. The second kappa shape index (κ2) is 4.80. The average Bonchev–Trinajstić information content (AvgIpc) is 2.14. The van der Waals surface area contributed by atoms with Crippen LogP contribution in [0.4, 0.5) is 0 Å². The summed E-state index contributed by atoms with van der Waals surface area (Å²) in [5, 5.41) is 9.99. The van der Waals surface area contributed by atoms with Crippen LogP contribution < -0.4 is 0 Å². The zero-order valence-electron chi connectivity index (χ0n) is 8.81. The molecule has 0 spiro atoms. The third-order valence-electron chi connectivity index (χ3n) is 2.17. The second-order valence-corrected chi connectivity index (χ2v) is 9.73. The maximum atomic E-state index is 11.5. The molecule has 1 rings (SSSR count). The Hall–Kier alpha value is 0.150. The number of hydrogen-bond donors (Lipinski definition) is 1. The summed E-state index contributed by atoms with van der Waals surface area (Å²) in [6.45, 7) is 1.86. The Bertz CT molecular complexity index is 485. The standard InChI is InChI=1S/C10H12ClIO3S/c1-7-4-3-5-8(6-7)9(13)10(11,12)16(2,14)15/h3-6,9,13H,1-2H3/t9-,10-/m1/s1. The van der Waals surface area contributed by atoms with E-state index in [0.29, 0.717) is 5.56 Å². The van der Waals surface area contributed by atoms with Crippen molar-refractivity contribution < 1.29 is 13.5 Å². The fraction of sp³-hybridized carbons (Fsp3) is 0.400. The molecule has 0 fully saturated rings. The molecule has 0 aliphatic rings. The molecule has 0 saturated carbocycles. The highest BCUT2D eigenvalue weighted by Crippen LogP contribution is 2.42. The molecule has 0 aromatic heterocycles. The van der Waals surface area contributed by atoms with Crippen LogP contribution in [0, 0.1) is 6.92 Å². The molecule has 3 nitrogen and oxygen atoms in total. The quantitative estimate of drug-likeness (QED) is 0.653. The lowest BCUT2D eigenvalue weighted by molar-refractivity contribution is 0.187. The molecule has 0 radical (unpaired) electrons. The first kappa shape index (κ1) is 14.2. The number of alkyl halides is 2. The van der Waals surface area contributed by atoms with Gasteiger partial charge in [-0.15, -0.1) is 0 Å². The largest absolute Gasteiger partial charge is 0.385 e. The number of benzene rings is 1. The maximum absolute atomic E-state index is 11.5. The monoisotopic (exact) mass is 374 g/mol. The fourth-order valence-electron chi connectivity index (χ4n) is 1.24. The van der Waals surface area contributed by atoms with Crippen LogP contribution in [0.1, 0.15) is 17.2 Å². The summed E-state index contributed by atoms with van der Waals surface area (Å²) in [7, 11) is -3.56. The van der Waals surface area contributed by atoms with Crippen LogP contribution in [0.3, 0.4) is 0 Å². The van der Waals surface area contributed by atoms with Gasteiger partial charge in [-0.25, -0.2) is 8.42 Å². The van der Waals surface area contributed by atoms with Crippen molar-refractivity contribution in [1.82, 2.24) is 0 Å². The van der Waals surface area contributed by atoms with Crippen molar-refractivity contribution in [2.75, 3.05) is 6.26 Å². The Morgan fingerprint density at radius 3 is 2.50 bits per heavy atom. The van der Waals surface area contributed by atoms with Crippen LogP contribution in [0.15, 0.2) is 24.3 Å². The lowest BCUT2D eigenvalue weighted by Gasteiger charge is -2.24. The van der Waals surface area contributed by atoms with Crippen LogP contribution in [0.2, 0.25) is 0 Å². The summed E-state index contributed by atoms with van der Waals surface area (Å²) >= 11 is 7.45. The first-order valence-corrected chi connectivity index (χ1v) is 7.83. The minimum Gasteiger partial charge on any atom is -0.385 e. The summed E-state index contributed by atoms with van der Waals surface area (Å²) in [5.41, 5.74) is 1.43. The van der Waals surface area contributed by atoms with Gasteiger partial charge in [0, 0.05) is 6.26 Å². The van der Waals surface area contributed by atoms with Crippen LogP contribution in [-0.4, -0.2) is 22.0 Å². The second-order valence-electron chi connectivity index (χ2n) is 3.65. The van der Waals surface area contributed by atoms with E-state index in [0.717, 1.165) is 11.8 Å². The van der Waals surface area contributed by atoms with Crippen LogP contribution >= 0.6 is 34.2 Å². The first-order chi connectivity index (χ1) is 7.16. The molecule has 1 N–H and O–H groups in total. The number of aryl methyl sites for hydroxylation is 1. The minimum absolute atomic E-state index is 0.495. The van der Waals surface area contributed by atoms with E-state index in [-0.39, 0.29) is 0 Å². The van der Waals surface area contributed by atoms with Crippen LogP contribution in [0.25, 0.3) is 0 Å². The Balaban J connectivity index is 3.17. The van der Waals surface area contributed by atoms with Gasteiger partial charge < -0.3 is 5.11 Å². The smallest absolute Gasteiger partial charge is 0.224 e. The van der Waals surface area contributed by atoms with Gasteiger partial charge in [0.15, 0.2) is 9.84 Å². The highest BCUT2D eigenvalue weighted by atomic mass is 127. The molecule has 16 heavy (non-hydrogen) atoms. The highest BCUT2D eigenvalue weighted by molar-refractivity contribution is 14.1. The number of aliphatic hydroxyl groups is 1. The maximum Gasteiger partial charge on any atom is 0.224 e. The molecule has 0 bridgehead atoms. The predicted molar refractivity (Wildman–Crippen MR) is 73.6 cm³/mol. The van der Waals surface area contributed by atoms with Gasteiger partial charge in [-0.3, -0.25) is 0 Å².